The zero-order valence-electron chi connectivity index (χ0n) is 14.1. The molecule has 2 rings (SSSR count). The van der Waals surface area contributed by atoms with Gasteiger partial charge in [0.2, 0.25) is 15.9 Å². The van der Waals surface area contributed by atoms with Gasteiger partial charge in [-0.15, -0.1) is 0 Å². The highest BCUT2D eigenvalue weighted by atomic mass is 32.2. The molecule has 1 fully saturated rings. The van der Waals surface area contributed by atoms with Gasteiger partial charge in [0.15, 0.2) is 0 Å². The molecular formula is C17H26N2O3S. The summed E-state index contributed by atoms with van der Waals surface area (Å²) in [6, 6.07) is 5.97. The Balaban J connectivity index is 2.12. The van der Waals surface area contributed by atoms with Crippen LogP contribution >= 0.6 is 0 Å². The second-order valence-corrected chi connectivity index (χ2v) is 8.31. The van der Waals surface area contributed by atoms with Crippen molar-refractivity contribution in [3.63, 3.8) is 0 Å². The Morgan fingerprint density at radius 1 is 1.35 bits per heavy atom. The number of hydrogen-bond acceptors (Lipinski definition) is 3. The van der Waals surface area contributed by atoms with E-state index in [1.807, 2.05) is 25.1 Å². The van der Waals surface area contributed by atoms with E-state index in [1.54, 1.807) is 6.92 Å². The van der Waals surface area contributed by atoms with E-state index in [0.29, 0.717) is 6.54 Å². The van der Waals surface area contributed by atoms with Gasteiger partial charge in [-0.2, -0.15) is 0 Å². The number of hydrogen-bond donors (Lipinski definition) is 1. The van der Waals surface area contributed by atoms with Gasteiger partial charge in [0.25, 0.3) is 0 Å². The Hall–Kier alpha value is -1.40. The van der Waals surface area contributed by atoms with Crippen molar-refractivity contribution in [3.8, 4) is 0 Å². The molecule has 0 radical (unpaired) electrons. The maximum atomic E-state index is 12.6. The summed E-state index contributed by atoms with van der Waals surface area (Å²) in [6.07, 6.45) is 2.30. The number of sulfonamides is 1. The predicted octanol–water partition coefficient (Wildman–Crippen LogP) is 2.56. The molecule has 23 heavy (non-hydrogen) atoms. The Morgan fingerprint density at radius 3 is 2.74 bits per heavy atom. The summed E-state index contributed by atoms with van der Waals surface area (Å²) < 4.78 is 25.5. The van der Waals surface area contributed by atoms with Crippen molar-refractivity contribution in [3.05, 3.63) is 29.3 Å². The summed E-state index contributed by atoms with van der Waals surface area (Å²) in [5, 5.41) is 3.03. The maximum Gasteiger partial charge on any atom is 0.228 e. The molecule has 0 bridgehead atoms. The number of carbonyl (C=O) groups excluding carboxylic acids is 1. The zero-order valence-corrected chi connectivity index (χ0v) is 14.9. The molecule has 1 N–H and O–H groups in total. The van der Waals surface area contributed by atoms with Crippen LogP contribution in [0.5, 0.6) is 0 Å². The van der Waals surface area contributed by atoms with E-state index >= 15 is 0 Å². The van der Waals surface area contributed by atoms with Crippen LogP contribution in [0.15, 0.2) is 18.2 Å². The predicted molar refractivity (Wildman–Crippen MR) is 92.9 cm³/mol. The Kier molecular flexibility index (Phi) is 5.81. The highest BCUT2D eigenvalue weighted by Gasteiger charge is 2.31. The second kappa shape index (κ2) is 7.45. The number of anilines is 1. The average Bonchev–Trinajstić information content (AvgIpc) is 2.56. The van der Waals surface area contributed by atoms with Gasteiger partial charge in [-0.05, 0) is 44.2 Å². The van der Waals surface area contributed by atoms with Gasteiger partial charge in [0.1, 0.15) is 0 Å². The fraction of sp³-hybridized carbons (Fsp3) is 0.588. The monoisotopic (exact) mass is 338 g/mol. The van der Waals surface area contributed by atoms with E-state index in [1.165, 1.54) is 4.31 Å². The third-order valence-electron chi connectivity index (χ3n) is 4.50. The lowest BCUT2D eigenvalue weighted by molar-refractivity contribution is -0.120. The molecule has 1 aromatic carbocycles. The Morgan fingerprint density at radius 2 is 2.09 bits per heavy atom. The van der Waals surface area contributed by atoms with Crippen molar-refractivity contribution in [1.29, 1.82) is 0 Å². The van der Waals surface area contributed by atoms with Crippen LogP contribution in [0.25, 0.3) is 0 Å². The molecule has 0 unspecified atom stereocenters. The smallest absolute Gasteiger partial charge is 0.228 e. The van der Waals surface area contributed by atoms with Crippen LogP contribution in [0.1, 0.15) is 37.8 Å². The highest BCUT2D eigenvalue weighted by molar-refractivity contribution is 7.89. The Labute approximate surface area is 139 Å². The van der Waals surface area contributed by atoms with Crippen molar-refractivity contribution >= 4 is 21.6 Å². The minimum Gasteiger partial charge on any atom is -0.325 e. The number of amides is 1. The number of para-hydroxylation sites is 1. The lowest BCUT2D eigenvalue weighted by atomic mass is 9.98. The summed E-state index contributed by atoms with van der Waals surface area (Å²) >= 11 is 0. The molecule has 6 heteroatoms. The van der Waals surface area contributed by atoms with Crippen molar-refractivity contribution in [2.24, 2.45) is 5.92 Å². The van der Waals surface area contributed by atoms with Gasteiger partial charge in [0, 0.05) is 18.8 Å². The number of nitrogens with one attached hydrogen (secondary N) is 1. The van der Waals surface area contributed by atoms with Gasteiger partial charge >= 0.3 is 0 Å². The molecule has 128 valence electrons. The van der Waals surface area contributed by atoms with E-state index < -0.39 is 10.0 Å². The lowest BCUT2D eigenvalue weighted by Crippen LogP contribution is -2.44. The molecule has 0 spiro atoms. The van der Waals surface area contributed by atoms with E-state index in [4.69, 9.17) is 0 Å². The first-order valence-corrected chi connectivity index (χ1v) is 9.87. The molecule has 1 amide bonds. The standard InChI is InChI=1S/C17H26N2O3S/c1-4-14-9-6-8-13(3)16(14)18-17(20)15-10-7-11-19(12-15)23(21,22)5-2/h6,8-9,15H,4-5,7,10-12H2,1-3H3,(H,18,20)/t15-/m1/s1. The molecule has 5 nitrogen and oxygen atoms in total. The minimum atomic E-state index is -3.23. The highest BCUT2D eigenvalue weighted by Crippen LogP contribution is 2.25. The van der Waals surface area contributed by atoms with Crippen LogP contribution in [0.3, 0.4) is 0 Å². The van der Waals surface area contributed by atoms with Crippen molar-refractivity contribution in [2.75, 3.05) is 24.2 Å². The van der Waals surface area contributed by atoms with Crippen molar-refractivity contribution in [1.82, 2.24) is 4.31 Å². The van der Waals surface area contributed by atoms with Crippen LogP contribution in [0, 0.1) is 12.8 Å². The van der Waals surface area contributed by atoms with Crippen LogP contribution in [0.4, 0.5) is 5.69 Å². The Bertz CT molecular complexity index is 670. The number of carbonyl (C=O) groups is 1. The number of nitrogens with zero attached hydrogens (tertiary/aromatic N) is 1. The summed E-state index contributed by atoms with van der Waals surface area (Å²) in [7, 11) is -3.23. The van der Waals surface area contributed by atoms with E-state index in [-0.39, 0.29) is 24.1 Å². The van der Waals surface area contributed by atoms with Crippen molar-refractivity contribution < 1.29 is 13.2 Å². The molecule has 0 saturated carbocycles. The van der Waals surface area contributed by atoms with Gasteiger partial charge in [-0.3, -0.25) is 4.79 Å². The van der Waals surface area contributed by atoms with Crippen LogP contribution in [-0.4, -0.2) is 37.5 Å². The van der Waals surface area contributed by atoms with E-state index in [2.05, 4.69) is 12.2 Å². The minimum absolute atomic E-state index is 0.0787. The number of piperidine rings is 1. The molecule has 1 aliphatic rings. The second-order valence-electron chi connectivity index (χ2n) is 6.05. The summed E-state index contributed by atoms with van der Waals surface area (Å²) in [6.45, 7) is 6.48. The maximum absolute atomic E-state index is 12.6. The summed E-state index contributed by atoms with van der Waals surface area (Å²) in [4.78, 5) is 12.6. The van der Waals surface area contributed by atoms with Gasteiger partial charge in [-0.25, -0.2) is 12.7 Å². The molecular weight excluding hydrogens is 312 g/mol. The lowest BCUT2D eigenvalue weighted by Gasteiger charge is -2.31. The average molecular weight is 338 g/mol. The van der Waals surface area contributed by atoms with Gasteiger partial charge in [0.05, 0.1) is 11.7 Å². The fourth-order valence-electron chi connectivity index (χ4n) is 3.02. The number of aryl methyl sites for hydroxylation is 2. The van der Waals surface area contributed by atoms with E-state index in [0.717, 1.165) is 36.1 Å². The third kappa shape index (κ3) is 4.12. The number of benzene rings is 1. The molecule has 0 aliphatic carbocycles. The first-order valence-electron chi connectivity index (χ1n) is 8.26. The molecule has 1 atom stereocenters. The fourth-order valence-corrected chi connectivity index (χ4v) is 4.20. The molecule has 1 saturated heterocycles. The van der Waals surface area contributed by atoms with E-state index in [9.17, 15) is 13.2 Å². The van der Waals surface area contributed by atoms with Gasteiger partial charge in [-0.1, -0.05) is 25.1 Å². The van der Waals surface area contributed by atoms with Crippen LogP contribution < -0.4 is 5.32 Å². The quantitative estimate of drug-likeness (QED) is 0.897. The SMILES string of the molecule is CCc1cccc(C)c1NC(=O)[C@@H]1CCCN(S(=O)(=O)CC)C1. The van der Waals surface area contributed by atoms with Crippen LogP contribution in [0.2, 0.25) is 0 Å². The normalized spacial score (nSPS) is 19.5. The topological polar surface area (TPSA) is 66.5 Å². The van der Waals surface area contributed by atoms with Crippen LogP contribution in [-0.2, 0) is 21.2 Å². The van der Waals surface area contributed by atoms with Crippen molar-refractivity contribution in [2.45, 2.75) is 40.0 Å². The molecule has 0 aromatic heterocycles. The third-order valence-corrected chi connectivity index (χ3v) is 6.35. The molecule has 1 heterocycles. The summed E-state index contributed by atoms with van der Waals surface area (Å²) in [5.41, 5.74) is 3.01. The number of rotatable bonds is 5. The first kappa shape index (κ1) is 17.9. The largest absolute Gasteiger partial charge is 0.325 e. The molecule has 1 aromatic rings. The summed E-state index contributed by atoms with van der Waals surface area (Å²) in [5.74, 6) is -0.279. The van der Waals surface area contributed by atoms with Gasteiger partial charge < -0.3 is 5.32 Å². The first-order chi connectivity index (χ1) is 10.9. The zero-order chi connectivity index (χ0) is 17.0. The molecule has 1 aliphatic heterocycles.